The van der Waals surface area contributed by atoms with E-state index in [0.717, 1.165) is 10.9 Å². The first kappa shape index (κ1) is 15.4. The number of hydrogen-bond acceptors (Lipinski definition) is 6. The number of H-pyrrole nitrogens is 1. The van der Waals surface area contributed by atoms with Gasteiger partial charge >= 0.3 is 0 Å². The summed E-state index contributed by atoms with van der Waals surface area (Å²) in [5.41, 5.74) is 0.838. The topological polar surface area (TPSA) is 125 Å². The Morgan fingerprint density at radius 1 is 1.38 bits per heavy atom. The lowest BCUT2D eigenvalue weighted by atomic mass is 10.1. The second-order valence-electron chi connectivity index (χ2n) is 4.70. The van der Waals surface area contributed by atoms with Crippen molar-refractivity contribution >= 4 is 28.6 Å². The van der Waals surface area contributed by atoms with Crippen LogP contribution >= 0.6 is 11.3 Å². The Balaban J connectivity index is 1.83. The van der Waals surface area contributed by atoms with Gasteiger partial charge in [-0.3, -0.25) is 20.0 Å². The molecule has 3 aromatic rings. The quantitative estimate of drug-likeness (QED) is 0.558. The summed E-state index contributed by atoms with van der Waals surface area (Å²) in [6.45, 7) is 0. The number of carbonyl (C=O) groups excluding carboxylic acids is 1. The van der Waals surface area contributed by atoms with Gasteiger partial charge in [-0.2, -0.15) is 10.4 Å². The molecule has 0 aliphatic rings. The van der Waals surface area contributed by atoms with Crippen LogP contribution in [0.4, 0.5) is 11.4 Å². The maximum atomic E-state index is 12.3. The number of nitrogens with zero attached hydrogens (tertiary/aromatic N) is 3. The Kier molecular flexibility index (Phi) is 4.05. The molecular formula is C15H9N5O3S. The molecule has 2 heterocycles. The number of thiophene rings is 1. The first-order valence-corrected chi connectivity index (χ1v) is 7.55. The van der Waals surface area contributed by atoms with Gasteiger partial charge in [0.15, 0.2) is 5.69 Å². The minimum Gasteiger partial charge on any atom is -0.319 e. The number of benzene rings is 1. The van der Waals surface area contributed by atoms with Crippen LogP contribution in [0.15, 0.2) is 41.8 Å². The fourth-order valence-corrected chi connectivity index (χ4v) is 2.72. The number of rotatable bonds is 4. The summed E-state index contributed by atoms with van der Waals surface area (Å²) in [6, 6.07) is 10.9. The molecular weight excluding hydrogens is 330 g/mol. The van der Waals surface area contributed by atoms with E-state index in [1.165, 1.54) is 23.5 Å². The Morgan fingerprint density at radius 2 is 2.21 bits per heavy atom. The minimum atomic E-state index is -0.604. The van der Waals surface area contributed by atoms with Crippen LogP contribution < -0.4 is 5.32 Å². The lowest BCUT2D eigenvalue weighted by molar-refractivity contribution is -0.384. The lowest BCUT2D eigenvalue weighted by Gasteiger charge is -2.04. The normalized spacial score (nSPS) is 10.1. The van der Waals surface area contributed by atoms with Crippen LogP contribution in [0.1, 0.15) is 16.1 Å². The Morgan fingerprint density at radius 3 is 2.88 bits per heavy atom. The van der Waals surface area contributed by atoms with Gasteiger partial charge in [0, 0.05) is 12.1 Å². The highest BCUT2D eigenvalue weighted by atomic mass is 32.1. The number of aromatic amines is 1. The number of amides is 1. The van der Waals surface area contributed by atoms with E-state index in [-0.39, 0.29) is 22.6 Å². The van der Waals surface area contributed by atoms with Crippen molar-refractivity contribution in [2.45, 2.75) is 0 Å². The predicted molar refractivity (Wildman–Crippen MR) is 87.7 cm³/mol. The molecule has 0 spiro atoms. The van der Waals surface area contributed by atoms with Crippen LogP contribution in [0.3, 0.4) is 0 Å². The van der Waals surface area contributed by atoms with Gasteiger partial charge in [0.05, 0.1) is 26.7 Å². The van der Waals surface area contributed by atoms with E-state index in [0.29, 0.717) is 5.69 Å². The molecule has 0 unspecified atom stereocenters. The molecule has 9 heteroatoms. The average molecular weight is 339 g/mol. The smallest absolute Gasteiger partial charge is 0.276 e. The highest BCUT2D eigenvalue weighted by Crippen LogP contribution is 2.24. The van der Waals surface area contributed by atoms with Gasteiger partial charge in [-0.05, 0) is 23.6 Å². The zero-order valence-electron chi connectivity index (χ0n) is 12.0. The van der Waals surface area contributed by atoms with Gasteiger partial charge in [0.2, 0.25) is 0 Å². The third-order valence-electron chi connectivity index (χ3n) is 3.18. The fraction of sp³-hybridized carbons (Fsp3) is 0. The van der Waals surface area contributed by atoms with Crippen molar-refractivity contribution in [2.75, 3.05) is 5.32 Å². The maximum absolute atomic E-state index is 12.3. The van der Waals surface area contributed by atoms with Crippen molar-refractivity contribution < 1.29 is 9.72 Å². The summed E-state index contributed by atoms with van der Waals surface area (Å²) >= 11 is 1.51. The SMILES string of the molecule is N#Cc1cc([N+](=O)[O-])ccc1NC(=O)c1cc(-c2cccs2)[nH]n1. The van der Waals surface area contributed by atoms with E-state index in [9.17, 15) is 14.9 Å². The molecule has 8 nitrogen and oxygen atoms in total. The molecule has 3 rings (SSSR count). The van der Waals surface area contributed by atoms with E-state index >= 15 is 0 Å². The summed E-state index contributed by atoms with van der Waals surface area (Å²) in [5.74, 6) is -0.514. The first-order valence-electron chi connectivity index (χ1n) is 6.67. The molecule has 1 amide bonds. The molecule has 0 saturated heterocycles. The second kappa shape index (κ2) is 6.31. The van der Waals surface area contributed by atoms with Crippen molar-refractivity contribution in [1.82, 2.24) is 10.2 Å². The Bertz CT molecular complexity index is 956. The van der Waals surface area contributed by atoms with Crippen LogP contribution in [-0.4, -0.2) is 21.0 Å². The lowest BCUT2D eigenvalue weighted by Crippen LogP contribution is -2.13. The van der Waals surface area contributed by atoms with E-state index < -0.39 is 10.8 Å². The number of hydrogen-bond donors (Lipinski definition) is 2. The van der Waals surface area contributed by atoms with Crippen LogP contribution in [0.5, 0.6) is 0 Å². The number of nitro benzene ring substituents is 1. The molecule has 0 bridgehead atoms. The van der Waals surface area contributed by atoms with E-state index in [1.807, 2.05) is 23.6 Å². The monoisotopic (exact) mass is 339 g/mol. The van der Waals surface area contributed by atoms with E-state index in [4.69, 9.17) is 5.26 Å². The number of aromatic nitrogens is 2. The molecule has 1 aromatic carbocycles. The zero-order valence-corrected chi connectivity index (χ0v) is 12.8. The third kappa shape index (κ3) is 2.99. The van der Waals surface area contributed by atoms with Gasteiger partial charge in [0.25, 0.3) is 11.6 Å². The number of anilines is 1. The van der Waals surface area contributed by atoms with Crippen LogP contribution in [-0.2, 0) is 0 Å². The van der Waals surface area contributed by atoms with Crippen molar-refractivity contribution in [3.63, 3.8) is 0 Å². The number of nitrogens with one attached hydrogen (secondary N) is 2. The van der Waals surface area contributed by atoms with Crippen molar-refractivity contribution in [2.24, 2.45) is 0 Å². The molecule has 0 saturated carbocycles. The van der Waals surface area contributed by atoms with Gasteiger partial charge in [-0.25, -0.2) is 0 Å². The third-order valence-corrected chi connectivity index (χ3v) is 4.08. The highest BCUT2D eigenvalue weighted by molar-refractivity contribution is 7.13. The van der Waals surface area contributed by atoms with E-state index in [2.05, 4.69) is 15.5 Å². The predicted octanol–water partition coefficient (Wildman–Crippen LogP) is 3.17. The van der Waals surface area contributed by atoms with Crippen molar-refractivity contribution in [1.29, 1.82) is 5.26 Å². The molecule has 2 aromatic heterocycles. The summed E-state index contributed by atoms with van der Waals surface area (Å²) in [6.07, 6.45) is 0. The number of nitriles is 1. The number of carbonyl (C=O) groups is 1. The van der Waals surface area contributed by atoms with Gasteiger partial charge in [0.1, 0.15) is 6.07 Å². The molecule has 0 aliphatic heterocycles. The van der Waals surface area contributed by atoms with Gasteiger partial charge in [-0.15, -0.1) is 11.3 Å². The molecule has 2 N–H and O–H groups in total. The standard InChI is InChI=1S/C15H9N5O3S/c16-8-9-6-10(20(22)23)3-4-11(9)17-15(21)13-7-12(18-19-13)14-2-1-5-24-14/h1-7H,(H,17,21)(H,18,19). The zero-order chi connectivity index (χ0) is 17.1. The molecule has 118 valence electrons. The fourth-order valence-electron chi connectivity index (χ4n) is 2.03. The van der Waals surface area contributed by atoms with Crippen molar-refractivity contribution in [3.05, 3.63) is 63.1 Å². The van der Waals surface area contributed by atoms with Gasteiger partial charge < -0.3 is 5.32 Å². The van der Waals surface area contributed by atoms with Crippen LogP contribution in [0.2, 0.25) is 0 Å². The Labute approximate surface area is 139 Å². The summed E-state index contributed by atoms with van der Waals surface area (Å²) in [4.78, 5) is 23.3. The maximum Gasteiger partial charge on any atom is 0.276 e. The first-order chi connectivity index (χ1) is 11.6. The largest absolute Gasteiger partial charge is 0.319 e. The molecule has 0 aliphatic carbocycles. The summed E-state index contributed by atoms with van der Waals surface area (Å²) < 4.78 is 0. The number of nitro groups is 1. The summed E-state index contributed by atoms with van der Waals surface area (Å²) in [7, 11) is 0. The van der Waals surface area contributed by atoms with Crippen LogP contribution in [0, 0.1) is 21.4 Å². The number of non-ortho nitro benzene ring substituents is 1. The van der Waals surface area contributed by atoms with Crippen molar-refractivity contribution in [3.8, 4) is 16.6 Å². The molecule has 0 fully saturated rings. The Hall–Kier alpha value is -3.51. The summed E-state index contributed by atoms with van der Waals surface area (Å²) in [5, 5.41) is 31.0. The minimum absolute atomic E-state index is 0.00608. The highest BCUT2D eigenvalue weighted by Gasteiger charge is 2.16. The molecule has 0 atom stereocenters. The van der Waals surface area contributed by atoms with Crippen LogP contribution in [0.25, 0.3) is 10.6 Å². The average Bonchev–Trinajstić information content (AvgIpc) is 3.26. The molecule has 0 radical (unpaired) electrons. The second-order valence-corrected chi connectivity index (χ2v) is 5.64. The van der Waals surface area contributed by atoms with Gasteiger partial charge in [-0.1, -0.05) is 6.07 Å². The van der Waals surface area contributed by atoms with E-state index in [1.54, 1.807) is 6.07 Å². The molecule has 24 heavy (non-hydrogen) atoms.